The second kappa shape index (κ2) is 13.5. The van der Waals surface area contributed by atoms with Gasteiger partial charge in [-0.2, -0.15) is 4.99 Å². The summed E-state index contributed by atoms with van der Waals surface area (Å²) in [7, 11) is 0. The van der Waals surface area contributed by atoms with Gasteiger partial charge in [-0.25, -0.2) is 14.5 Å². The predicted molar refractivity (Wildman–Crippen MR) is 167 cm³/mol. The van der Waals surface area contributed by atoms with Gasteiger partial charge in [0.1, 0.15) is 12.1 Å². The molecule has 1 aromatic heterocycles. The van der Waals surface area contributed by atoms with Crippen LogP contribution in [0.4, 0.5) is 23.7 Å². The third-order valence-corrected chi connectivity index (χ3v) is 8.20. The lowest BCUT2D eigenvalue weighted by Gasteiger charge is -2.32. The van der Waals surface area contributed by atoms with Crippen molar-refractivity contribution in [1.82, 2.24) is 20.1 Å². The largest absolute Gasteiger partial charge is 0.573 e. The van der Waals surface area contributed by atoms with Crippen LogP contribution in [0.2, 0.25) is 0 Å². The van der Waals surface area contributed by atoms with E-state index >= 15 is 0 Å². The van der Waals surface area contributed by atoms with Crippen molar-refractivity contribution in [2.45, 2.75) is 51.9 Å². The maximum atomic E-state index is 13.1. The highest BCUT2D eigenvalue weighted by atomic mass is 32.2. The van der Waals surface area contributed by atoms with Gasteiger partial charge in [0.2, 0.25) is 0 Å². The summed E-state index contributed by atoms with van der Waals surface area (Å²) in [5, 5.41) is 8.23. The Kier molecular flexibility index (Phi) is 9.58. The fourth-order valence-corrected chi connectivity index (χ4v) is 5.92. The number of aromatic nitrogens is 3. The first-order valence-corrected chi connectivity index (χ1v) is 15.4. The number of amidine groups is 1. The van der Waals surface area contributed by atoms with Crippen molar-refractivity contribution in [1.29, 1.82) is 0 Å². The molecule has 2 heterocycles. The molecule has 44 heavy (non-hydrogen) atoms. The average molecular weight is 623 g/mol. The monoisotopic (exact) mass is 622 g/mol. The second-order valence-electron chi connectivity index (χ2n) is 10.5. The molecule has 1 saturated heterocycles. The van der Waals surface area contributed by atoms with Gasteiger partial charge < -0.3 is 15.0 Å². The summed E-state index contributed by atoms with van der Waals surface area (Å²) < 4.78 is 42.7. The molecule has 4 aromatic rings. The van der Waals surface area contributed by atoms with Gasteiger partial charge in [-0.3, -0.25) is 0 Å². The number of benzene rings is 3. The zero-order valence-corrected chi connectivity index (χ0v) is 25.4. The third-order valence-electron chi connectivity index (χ3n) is 7.14. The van der Waals surface area contributed by atoms with Crippen LogP contribution in [0.1, 0.15) is 56.7 Å². The average Bonchev–Trinajstić information content (AvgIpc) is 3.50. The first-order chi connectivity index (χ1) is 21.1. The first kappa shape index (κ1) is 31.1. The molecule has 1 fully saturated rings. The highest BCUT2D eigenvalue weighted by Crippen LogP contribution is 2.32. The molecular formula is C32H33F3N6O2S. The van der Waals surface area contributed by atoms with Crippen LogP contribution in [0.5, 0.6) is 5.75 Å². The molecule has 8 nitrogen and oxygen atoms in total. The molecule has 230 valence electrons. The summed E-state index contributed by atoms with van der Waals surface area (Å²) in [6.45, 7) is 7.14. The Morgan fingerprint density at radius 3 is 2.48 bits per heavy atom. The number of carbonyl (C=O) groups is 1. The van der Waals surface area contributed by atoms with E-state index in [2.05, 4.69) is 56.0 Å². The number of nitrogens with zero attached hydrogens (tertiary/aromatic N) is 5. The molecule has 0 aliphatic carbocycles. The summed E-state index contributed by atoms with van der Waals surface area (Å²) in [5.41, 5.74) is 4.52. The number of ether oxygens (including phenoxy) is 1. The number of para-hydroxylation sites is 1. The van der Waals surface area contributed by atoms with E-state index in [-0.39, 0.29) is 17.8 Å². The van der Waals surface area contributed by atoms with Crippen molar-refractivity contribution in [3.05, 3.63) is 90.3 Å². The predicted octanol–water partition coefficient (Wildman–Crippen LogP) is 8.12. The minimum Gasteiger partial charge on any atom is -0.406 e. The lowest BCUT2D eigenvalue weighted by Crippen LogP contribution is -2.37. The van der Waals surface area contributed by atoms with Gasteiger partial charge in [-0.1, -0.05) is 75.0 Å². The normalized spacial score (nSPS) is 15.4. The van der Waals surface area contributed by atoms with Crippen LogP contribution < -0.4 is 15.0 Å². The van der Waals surface area contributed by atoms with E-state index in [0.29, 0.717) is 29.0 Å². The summed E-state index contributed by atoms with van der Waals surface area (Å²) in [6, 6.07) is 20.6. The van der Waals surface area contributed by atoms with Gasteiger partial charge in [-0.15, -0.1) is 18.3 Å². The minimum absolute atomic E-state index is 0.242. The van der Waals surface area contributed by atoms with Crippen molar-refractivity contribution in [2.75, 3.05) is 17.2 Å². The molecule has 1 aliphatic heterocycles. The van der Waals surface area contributed by atoms with Crippen molar-refractivity contribution >= 4 is 28.6 Å². The number of amides is 2. The standard InChI is InChI=1S/C32H33F3N6O2S/c1-4-27(37-30(42)38-31-40(18-7-19-44-31)28-9-6-5-8-26(28)21(2)3)22-10-12-23(13-11-22)29-36-20-41(39-29)24-14-16-25(17-15-24)43-32(33,34)35/h5-6,8-17,20-21,27H,4,7,18-19H2,1-3H3,(H,37,42). The number of alkyl halides is 3. The Morgan fingerprint density at radius 1 is 1.07 bits per heavy atom. The second-order valence-corrected chi connectivity index (χ2v) is 11.6. The fourth-order valence-electron chi connectivity index (χ4n) is 4.97. The summed E-state index contributed by atoms with van der Waals surface area (Å²) in [4.78, 5) is 24.1. The smallest absolute Gasteiger partial charge is 0.406 e. The van der Waals surface area contributed by atoms with E-state index in [1.807, 2.05) is 43.3 Å². The van der Waals surface area contributed by atoms with Crippen molar-refractivity contribution in [2.24, 2.45) is 4.99 Å². The van der Waals surface area contributed by atoms with Gasteiger partial charge in [0.25, 0.3) is 0 Å². The van der Waals surface area contributed by atoms with Gasteiger partial charge >= 0.3 is 12.4 Å². The molecule has 5 rings (SSSR count). The van der Waals surface area contributed by atoms with Gasteiger partial charge in [-0.05, 0) is 60.2 Å². The molecular weight excluding hydrogens is 589 g/mol. The van der Waals surface area contributed by atoms with E-state index in [1.54, 1.807) is 11.8 Å². The third kappa shape index (κ3) is 7.60. The van der Waals surface area contributed by atoms with E-state index in [9.17, 15) is 18.0 Å². The quantitative estimate of drug-likeness (QED) is 0.214. The number of urea groups is 1. The number of halogens is 3. The Hall–Kier alpha value is -4.32. The molecule has 3 aromatic carbocycles. The molecule has 1 N–H and O–H groups in total. The molecule has 0 radical (unpaired) electrons. The number of nitrogens with one attached hydrogen (secondary N) is 1. The van der Waals surface area contributed by atoms with E-state index in [4.69, 9.17) is 0 Å². The molecule has 1 unspecified atom stereocenters. The number of carbonyl (C=O) groups excluding carboxylic acids is 1. The highest BCUT2D eigenvalue weighted by molar-refractivity contribution is 8.14. The van der Waals surface area contributed by atoms with E-state index in [0.717, 1.165) is 35.5 Å². The first-order valence-electron chi connectivity index (χ1n) is 14.4. The lowest BCUT2D eigenvalue weighted by atomic mass is 10.0. The summed E-state index contributed by atoms with van der Waals surface area (Å²) in [5.74, 6) is 1.39. The number of aliphatic imine (C=N–C) groups is 1. The van der Waals surface area contributed by atoms with Crippen LogP contribution in [-0.2, 0) is 0 Å². The van der Waals surface area contributed by atoms with E-state index in [1.165, 1.54) is 40.8 Å². The fraction of sp³-hybridized carbons (Fsp3) is 0.312. The van der Waals surface area contributed by atoms with Crippen LogP contribution in [-0.4, -0.2) is 44.6 Å². The van der Waals surface area contributed by atoms with E-state index < -0.39 is 6.36 Å². The molecule has 2 amide bonds. The van der Waals surface area contributed by atoms with Gasteiger partial charge in [0.15, 0.2) is 11.0 Å². The van der Waals surface area contributed by atoms with Crippen LogP contribution >= 0.6 is 11.8 Å². The van der Waals surface area contributed by atoms with Crippen molar-refractivity contribution < 1.29 is 22.7 Å². The minimum atomic E-state index is -4.75. The maximum Gasteiger partial charge on any atom is 0.573 e. The Morgan fingerprint density at radius 2 is 1.80 bits per heavy atom. The Balaban J connectivity index is 1.26. The zero-order chi connectivity index (χ0) is 31.3. The van der Waals surface area contributed by atoms with Crippen LogP contribution in [0.25, 0.3) is 17.1 Å². The van der Waals surface area contributed by atoms with Crippen molar-refractivity contribution in [3.63, 3.8) is 0 Å². The Bertz CT molecular complexity index is 1600. The number of anilines is 1. The SMILES string of the molecule is CCC(NC(=O)N=C1SCCCN1c1ccccc1C(C)C)c1ccc(-c2ncn(-c3ccc(OC(F)(F)F)cc3)n2)cc1. The molecule has 1 aliphatic rings. The molecule has 0 bridgehead atoms. The number of rotatable bonds is 8. The van der Waals surface area contributed by atoms with Crippen LogP contribution in [0.15, 0.2) is 84.1 Å². The summed E-state index contributed by atoms with van der Waals surface area (Å²) in [6.07, 6.45) is -1.58. The number of thioether (sulfide) groups is 1. The van der Waals surface area contributed by atoms with Crippen LogP contribution in [0, 0.1) is 0 Å². The lowest BCUT2D eigenvalue weighted by molar-refractivity contribution is -0.274. The molecule has 0 saturated carbocycles. The molecule has 12 heteroatoms. The molecule has 1 atom stereocenters. The number of hydrogen-bond acceptors (Lipinski definition) is 5. The zero-order valence-electron chi connectivity index (χ0n) is 24.6. The maximum absolute atomic E-state index is 13.1. The van der Waals surface area contributed by atoms with Crippen molar-refractivity contribution in [3.8, 4) is 22.8 Å². The Labute approximate surface area is 258 Å². The topological polar surface area (TPSA) is 84.6 Å². The molecule has 0 spiro atoms. The van der Waals surface area contributed by atoms with Crippen LogP contribution in [0.3, 0.4) is 0 Å². The van der Waals surface area contributed by atoms with Gasteiger partial charge in [0, 0.05) is 23.5 Å². The summed E-state index contributed by atoms with van der Waals surface area (Å²) >= 11 is 1.60. The highest BCUT2D eigenvalue weighted by Gasteiger charge is 2.31. The van der Waals surface area contributed by atoms with Gasteiger partial charge in [0.05, 0.1) is 11.7 Å². The number of hydrogen-bond donors (Lipinski definition) is 1.